The van der Waals surface area contributed by atoms with Crippen LogP contribution in [0.15, 0.2) is 50.6 Å². The van der Waals surface area contributed by atoms with Crippen molar-refractivity contribution in [3.63, 3.8) is 0 Å². The molecule has 0 aliphatic heterocycles. The van der Waals surface area contributed by atoms with Gasteiger partial charge in [0.1, 0.15) is 6.26 Å². The predicted molar refractivity (Wildman–Crippen MR) is 82.8 cm³/mol. The van der Waals surface area contributed by atoms with Crippen molar-refractivity contribution in [1.82, 2.24) is 19.5 Å². The number of carbonyl (C=O) groups excluding carboxylic acids is 1. The number of rotatable bonds is 5. The first kappa shape index (κ1) is 14.6. The molecule has 114 valence electrons. The van der Waals surface area contributed by atoms with E-state index in [2.05, 4.69) is 26.3 Å². The summed E-state index contributed by atoms with van der Waals surface area (Å²) in [6, 6.07) is 6.98. The number of aromatic nitrogens is 3. The van der Waals surface area contributed by atoms with Crippen LogP contribution in [0.3, 0.4) is 0 Å². The quantitative estimate of drug-likeness (QED) is 0.698. The molecule has 3 aromatic heterocycles. The number of nitrogens with one attached hydrogen (secondary N) is 1. The molecule has 3 heterocycles. The highest BCUT2D eigenvalue weighted by Crippen LogP contribution is 2.13. The Balaban J connectivity index is 1.55. The van der Waals surface area contributed by atoms with Crippen LogP contribution in [0.5, 0.6) is 0 Å². The standard InChI is InChI=1S/C14H13BrN4O3/c15-11-8-10(9-22-11)13(20)16-5-3-7-19-14(21)18-6-2-1-4-12(18)17-19/h1-2,4,6,8-9H,3,5,7H2,(H,16,20). The average Bonchev–Trinajstić information content (AvgIpc) is 3.08. The zero-order chi connectivity index (χ0) is 15.5. The molecule has 0 atom stereocenters. The Morgan fingerprint density at radius 3 is 3.00 bits per heavy atom. The van der Waals surface area contributed by atoms with Crippen molar-refractivity contribution >= 4 is 27.5 Å². The van der Waals surface area contributed by atoms with Crippen LogP contribution in [-0.4, -0.2) is 26.6 Å². The zero-order valence-electron chi connectivity index (χ0n) is 11.5. The first-order valence-corrected chi connectivity index (χ1v) is 7.51. The van der Waals surface area contributed by atoms with Gasteiger partial charge in [-0.05, 0) is 34.5 Å². The van der Waals surface area contributed by atoms with Gasteiger partial charge in [0.25, 0.3) is 5.91 Å². The summed E-state index contributed by atoms with van der Waals surface area (Å²) in [5.74, 6) is -0.211. The van der Waals surface area contributed by atoms with E-state index in [1.165, 1.54) is 15.3 Å². The highest BCUT2D eigenvalue weighted by molar-refractivity contribution is 9.10. The van der Waals surface area contributed by atoms with Crippen molar-refractivity contribution in [2.75, 3.05) is 6.54 Å². The van der Waals surface area contributed by atoms with Crippen molar-refractivity contribution in [3.8, 4) is 0 Å². The molecule has 0 radical (unpaired) electrons. The molecular formula is C14H13BrN4O3. The Bertz CT molecular complexity index is 864. The lowest BCUT2D eigenvalue weighted by molar-refractivity contribution is 0.0952. The van der Waals surface area contributed by atoms with Gasteiger partial charge in [0.15, 0.2) is 10.3 Å². The number of hydrogen-bond donors (Lipinski definition) is 1. The summed E-state index contributed by atoms with van der Waals surface area (Å²) in [4.78, 5) is 23.8. The van der Waals surface area contributed by atoms with E-state index in [1.807, 2.05) is 6.07 Å². The van der Waals surface area contributed by atoms with Crippen molar-refractivity contribution in [2.45, 2.75) is 13.0 Å². The zero-order valence-corrected chi connectivity index (χ0v) is 13.1. The Labute approximate surface area is 133 Å². The van der Waals surface area contributed by atoms with Crippen molar-refractivity contribution < 1.29 is 9.21 Å². The molecule has 0 spiro atoms. The molecular weight excluding hydrogens is 352 g/mol. The topological polar surface area (TPSA) is 81.5 Å². The molecule has 0 fully saturated rings. The third-order valence-corrected chi connectivity index (χ3v) is 3.57. The van der Waals surface area contributed by atoms with Crippen LogP contribution in [-0.2, 0) is 6.54 Å². The summed E-state index contributed by atoms with van der Waals surface area (Å²) in [5.41, 5.74) is 0.886. The number of hydrogen-bond acceptors (Lipinski definition) is 4. The van der Waals surface area contributed by atoms with Crippen LogP contribution in [0.1, 0.15) is 16.8 Å². The van der Waals surface area contributed by atoms with Crippen LogP contribution in [0.4, 0.5) is 0 Å². The molecule has 3 rings (SSSR count). The Kier molecular flexibility index (Phi) is 4.10. The molecule has 3 aromatic rings. The maximum atomic E-state index is 12.0. The number of furan rings is 1. The fourth-order valence-electron chi connectivity index (χ4n) is 2.08. The maximum absolute atomic E-state index is 12.0. The smallest absolute Gasteiger partial charge is 0.350 e. The summed E-state index contributed by atoms with van der Waals surface area (Å²) in [6.07, 6.45) is 3.67. The van der Waals surface area contributed by atoms with Crippen LogP contribution in [0.2, 0.25) is 0 Å². The molecule has 1 amide bonds. The first-order valence-electron chi connectivity index (χ1n) is 6.71. The van der Waals surface area contributed by atoms with Crippen molar-refractivity contribution in [3.05, 3.63) is 57.4 Å². The van der Waals surface area contributed by atoms with Gasteiger partial charge < -0.3 is 9.73 Å². The van der Waals surface area contributed by atoms with Gasteiger partial charge in [-0.25, -0.2) is 9.48 Å². The first-order chi connectivity index (χ1) is 10.6. The molecule has 0 unspecified atom stereocenters. The lowest BCUT2D eigenvalue weighted by atomic mass is 10.3. The molecule has 22 heavy (non-hydrogen) atoms. The van der Waals surface area contributed by atoms with E-state index >= 15 is 0 Å². The average molecular weight is 365 g/mol. The van der Waals surface area contributed by atoms with E-state index in [0.717, 1.165) is 0 Å². The number of nitrogens with zero attached hydrogens (tertiary/aromatic N) is 3. The monoisotopic (exact) mass is 364 g/mol. The van der Waals surface area contributed by atoms with Gasteiger partial charge in [-0.1, -0.05) is 6.07 Å². The van der Waals surface area contributed by atoms with Gasteiger partial charge in [0.05, 0.1) is 5.56 Å². The molecule has 8 heteroatoms. The number of aryl methyl sites for hydroxylation is 1. The fourth-order valence-corrected chi connectivity index (χ4v) is 2.42. The van der Waals surface area contributed by atoms with E-state index in [9.17, 15) is 9.59 Å². The van der Waals surface area contributed by atoms with E-state index in [-0.39, 0.29) is 11.6 Å². The maximum Gasteiger partial charge on any atom is 0.350 e. The minimum Gasteiger partial charge on any atom is -0.457 e. The number of halogens is 1. The highest BCUT2D eigenvalue weighted by Gasteiger charge is 2.09. The van der Waals surface area contributed by atoms with Crippen LogP contribution >= 0.6 is 15.9 Å². The van der Waals surface area contributed by atoms with Gasteiger partial charge in [-0.3, -0.25) is 9.20 Å². The lowest BCUT2D eigenvalue weighted by Gasteiger charge is -2.02. The molecule has 0 aliphatic carbocycles. The van der Waals surface area contributed by atoms with E-state index in [0.29, 0.717) is 35.4 Å². The minimum atomic E-state index is -0.211. The summed E-state index contributed by atoms with van der Waals surface area (Å²) >= 11 is 3.14. The van der Waals surface area contributed by atoms with Gasteiger partial charge in [-0.15, -0.1) is 5.10 Å². The molecule has 1 N–H and O–H groups in total. The Morgan fingerprint density at radius 2 is 2.27 bits per heavy atom. The van der Waals surface area contributed by atoms with Crippen molar-refractivity contribution in [1.29, 1.82) is 0 Å². The van der Waals surface area contributed by atoms with Gasteiger partial charge in [0, 0.05) is 25.4 Å². The Morgan fingerprint density at radius 1 is 1.41 bits per heavy atom. The van der Waals surface area contributed by atoms with Crippen LogP contribution in [0.25, 0.3) is 5.65 Å². The largest absolute Gasteiger partial charge is 0.457 e. The van der Waals surface area contributed by atoms with E-state index < -0.39 is 0 Å². The van der Waals surface area contributed by atoms with E-state index in [1.54, 1.807) is 24.4 Å². The summed E-state index contributed by atoms with van der Waals surface area (Å²) in [7, 11) is 0. The minimum absolute atomic E-state index is 0.180. The molecule has 0 saturated carbocycles. The van der Waals surface area contributed by atoms with Gasteiger partial charge >= 0.3 is 5.69 Å². The second-order valence-corrected chi connectivity index (χ2v) is 5.47. The summed E-state index contributed by atoms with van der Waals surface area (Å²) in [5, 5.41) is 6.99. The van der Waals surface area contributed by atoms with Gasteiger partial charge in [-0.2, -0.15) is 0 Å². The van der Waals surface area contributed by atoms with E-state index in [4.69, 9.17) is 4.42 Å². The molecule has 0 saturated heterocycles. The normalized spacial score (nSPS) is 11.0. The predicted octanol–water partition coefficient (Wildman–Crippen LogP) is 1.67. The molecule has 0 aliphatic rings. The highest BCUT2D eigenvalue weighted by atomic mass is 79.9. The van der Waals surface area contributed by atoms with Crippen LogP contribution < -0.4 is 11.0 Å². The number of amides is 1. The molecule has 0 bridgehead atoms. The SMILES string of the molecule is O=C(NCCCn1nc2ccccn2c1=O)c1coc(Br)c1. The fraction of sp³-hybridized carbons (Fsp3) is 0.214. The van der Waals surface area contributed by atoms with Gasteiger partial charge in [0.2, 0.25) is 0 Å². The third kappa shape index (κ3) is 2.96. The summed E-state index contributed by atoms with van der Waals surface area (Å²) in [6.45, 7) is 0.887. The lowest BCUT2D eigenvalue weighted by Crippen LogP contribution is -2.27. The number of fused-ring (bicyclic) bond motifs is 1. The Hall–Kier alpha value is -2.35. The number of pyridine rings is 1. The summed E-state index contributed by atoms with van der Waals surface area (Å²) < 4.78 is 8.40. The second-order valence-electron chi connectivity index (χ2n) is 4.68. The van der Waals surface area contributed by atoms with Crippen molar-refractivity contribution in [2.24, 2.45) is 0 Å². The second kappa shape index (κ2) is 6.18. The number of carbonyl (C=O) groups is 1. The molecule has 7 nitrogen and oxygen atoms in total. The third-order valence-electron chi connectivity index (χ3n) is 3.15. The van der Waals surface area contributed by atoms with Crippen LogP contribution in [0, 0.1) is 0 Å². The molecule has 0 aromatic carbocycles.